The first-order chi connectivity index (χ1) is 14.7. The number of aromatic nitrogens is 5. The molecule has 0 saturated heterocycles. The Morgan fingerprint density at radius 1 is 1.23 bits per heavy atom. The summed E-state index contributed by atoms with van der Waals surface area (Å²) >= 11 is 6.09. The molecule has 3 rings (SSSR count). The monoisotopic (exact) mass is 451 g/mol. The third-order valence-corrected chi connectivity index (χ3v) is 3.93. The van der Waals surface area contributed by atoms with Crippen LogP contribution in [0.1, 0.15) is 0 Å². The number of rotatable bonds is 6. The van der Waals surface area contributed by atoms with Crippen molar-refractivity contribution < 1.29 is 18.0 Å². The lowest BCUT2D eigenvalue weighted by molar-refractivity contribution is -0.114. The fraction of sp³-hybridized carbons (Fsp3) is 0.0588. The minimum atomic E-state index is -5.00. The number of hydrogen-bond acceptors (Lipinski definition) is 8. The van der Waals surface area contributed by atoms with Crippen molar-refractivity contribution >= 4 is 41.0 Å². The number of pyridine rings is 2. The fourth-order valence-electron chi connectivity index (χ4n) is 2.36. The van der Waals surface area contributed by atoms with Gasteiger partial charge in [0.05, 0.1) is 34.9 Å². The van der Waals surface area contributed by atoms with Crippen LogP contribution in [0.25, 0.3) is 5.82 Å². The minimum absolute atomic E-state index is 0.00568. The summed E-state index contributed by atoms with van der Waals surface area (Å²) in [5.74, 6) is -1.35. The molecule has 0 aliphatic heterocycles. The number of carbonyl (C=O) groups is 1. The van der Waals surface area contributed by atoms with Gasteiger partial charge in [0.1, 0.15) is 17.3 Å². The van der Waals surface area contributed by atoms with Crippen molar-refractivity contribution in [2.24, 2.45) is 0 Å². The van der Waals surface area contributed by atoms with Crippen LogP contribution in [0, 0.1) is 5.41 Å². The molecule has 10 nitrogen and oxygen atoms in total. The summed E-state index contributed by atoms with van der Waals surface area (Å²) in [6.07, 6.45) is -0.772. The molecule has 0 radical (unpaired) electrons. The predicted octanol–water partition coefficient (Wildman–Crippen LogP) is 2.81. The number of carbonyl (C=O) groups excluding carboxylic acids is 1. The lowest BCUT2D eigenvalue weighted by atomic mass is 10.2. The van der Waals surface area contributed by atoms with E-state index in [1.165, 1.54) is 36.7 Å². The number of allylic oxidation sites excluding steroid dienone is 1. The van der Waals surface area contributed by atoms with Gasteiger partial charge in [-0.3, -0.25) is 4.79 Å². The molecular weight excluding hydrogens is 439 g/mol. The van der Waals surface area contributed by atoms with Gasteiger partial charge in [0.15, 0.2) is 5.82 Å². The van der Waals surface area contributed by atoms with Crippen LogP contribution < -0.4 is 16.4 Å². The molecule has 0 unspecified atom stereocenters. The molecule has 0 atom stereocenters. The molecule has 0 saturated carbocycles. The van der Waals surface area contributed by atoms with Crippen molar-refractivity contribution in [2.75, 3.05) is 16.4 Å². The second-order valence-electron chi connectivity index (χ2n) is 5.81. The molecular formula is C17H13ClF3N9O. The topological polar surface area (TPSA) is 147 Å². The number of nitrogens with zero attached hydrogens (tertiary/aromatic N) is 5. The molecule has 0 fully saturated rings. The number of nitrogen functional groups attached to an aromatic ring is 1. The van der Waals surface area contributed by atoms with Crippen molar-refractivity contribution in [2.45, 2.75) is 6.18 Å². The molecule has 0 aromatic carbocycles. The molecule has 5 N–H and O–H groups in total. The van der Waals surface area contributed by atoms with E-state index >= 15 is 0 Å². The molecule has 1 amide bonds. The maximum Gasteiger partial charge on any atom is 0.432 e. The van der Waals surface area contributed by atoms with Crippen LogP contribution in [0.2, 0.25) is 5.02 Å². The summed E-state index contributed by atoms with van der Waals surface area (Å²) in [5, 5.41) is 19.3. The highest BCUT2D eigenvalue weighted by Gasteiger charge is 2.38. The lowest BCUT2D eigenvalue weighted by Gasteiger charge is -2.17. The molecule has 0 bridgehead atoms. The maximum atomic E-state index is 13.6. The van der Waals surface area contributed by atoms with Crippen LogP contribution in [0.5, 0.6) is 0 Å². The van der Waals surface area contributed by atoms with Crippen molar-refractivity contribution in [1.29, 1.82) is 5.41 Å². The lowest BCUT2D eigenvalue weighted by Crippen LogP contribution is -2.28. The first-order valence-corrected chi connectivity index (χ1v) is 8.72. The number of hydrogen-bond donors (Lipinski definition) is 4. The van der Waals surface area contributed by atoms with E-state index in [1.54, 1.807) is 0 Å². The molecule has 3 aromatic heterocycles. The number of halogens is 4. The molecule has 3 aromatic rings. The Labute approximate surface area is 177 Å². The van der Waals surface area contributed by atoms with E-state index in [-0.39, 0.29) is 34.4 Å². The second kappa shape index (κ2) is 8.79. The third kappa shape index (κ3) is 5.14. The van der Waals surface area contributed by atoms with E-state index in [0.29, 0.717) is 0 Å². The Morgan fingerprint density at radius 3 is 2.52 bits per heavy atom. The van der Waals surface area contributed by atoms with E-state index in [4.69, 9.17) is 22.7 Å². The van der Waals surface area contributed by atoms with Crippen LogP contribution in [0.15, 0.2) is 54.1 Å². The highest BCUT2D eigenvalue weighted by atomic mass is 35.5. The Bertz CT molecular complexity index is 1150. The van der Waals surface area contributed by atoms with Crippen LogP contribution in [0.4, 0.5) is 30.5 Å². The molecule has 14 heteroatoms. The van der Waals surface area contributed by atoms with Crippen LogP contribution in [-0.4, -0.2) is 43.3 Å². The standard InChI is InChI=1S/C17H13ClF3N9O/c18-11-6-9(8-24-15(11)30-25-4-5-26-30)27-16(31)10(7-22)14(17(19,20)21)29-13-3-1-2-12(23)28-13/h1-8,22H,(H,27,31)(H3,23,28,29)/b14-10+,22-7?. The first kappa shape index (κ1) is 21.7. The van der Waals surface area contributed by atoms with Gasteiger partial charge in [0, 0.05) is 6.21 Å². The van der Waals surface area contributed by atoms with E-state index in [0.717, 1.165) is 11.0 Å². The zero-order chi connectivity index (χ0) is 22.6. The molecule has 3 heterocycles. The number of nitrogens with one attached hydrogen (secondary N) is 3. The summed E-state index contributed by atoms with van der Waals surface area (Å²) < 4.78 is 40.8. The molecule has 0 spiro atoms. The quantitative estimate of drug-likeness (QED) is 0.332. The number of amides is 1. The maximum absolute atomic E-state index is 13.6. The van der Waals surface area contributed by atoms with Crippen molar-refractivity contribution in [1.82, 2.24) is 25.0 Å². The van der Waals surface area contributed by atoms with Gasteiger partial charge in [-0.15, -0.1) is 4.80 Å². The van der Waals surface area contributed by atoms with Crippen molar-refractivity contribution in [3.63, 3.8) is 0 Å². The summed E-state index contributed by atoms with van der Waals surface area (Å²) in [6.45, 7) is 0. The van der Waals surface area contributed by atoms with E-state index < -0.39 is 23.4 Å². The van der Waals surface area contributed by atoms with Crippen LogP contribution in [-0.2, 0) is 4.79 Å². The van der Waals surface area contributed by atoms with Crippen LogP contribution in [0.3, 0.4) is 0 Å². The van der Waals surface area contributed by atoms with E-state index in [2.05, 4.69) is 25.5 Å². The SMILES string of the molecule is N=C/C(C(=O)Nc1cnc(-n2nccn2)c(Cl)c1)=C(\Nc1cccc(N)n1)C(F)(F)F. The molecule has 31 heavy (non-hydrogen) atoms. The van der Waals surface area contributed by atoms with Gasteiger partial charge in [-0.1, -0.05) is 17.7 Å². The highest BCUT2D eigenvalue weighted by molar-refractivity contribution is 6.32. The molecule has 0 aliphatic carbocycles. The Kier molecular flexibility index (Phi) is 6.15. The van der Waals surface area contributed by atoms with Gasteiger partial charge >= 0.3 is 6.18 Å². The van der Waals surface area contributed by atoms with Crippen molar-refractivity contribution in [3.8, 4) is 5.82 Å². The average Bonchev–Trinajstić information content (AvgIpc) is 3.21. The highest BCUT2D eigenvalue weighted by Crippen LogP contribution is 2.29. The third-order valence-electron chi connectivity index (χ3n) is 3.65. The van der Waals surface area contributed by atoms with Gasteiger partial charge in [-0.25, -0.2) is 9.97 Å². The van der Waals surface area contributed by atoms with Gasteiger partial charge in [0.25, 0.3) is 5.91 Å². The summed E-state index contributed by atoms with van der Waals surface area (Å²) in [5.41, 5.74) is 2.98. The Hall–Kier alpha value is -4.00. The smallest absolute Gasteiger partial charge is 0.384 e. The van der Waals surface area contributed by atoms with E-state index in [1.807, 2.05) is 5.32 Å². The van der Waals surface area contributed by atoms with Crippen LogP contribution >= 0.6 is 11.6 Å². The second-order valence-corrected chi connectivity index (χ2v) is 6.21. The first-order valence-electron chi connectivity index (χ1n) is 8.34. The van der Waals surface area contributed by atoms with Gasteiger partial charge in [-0.05, 0) is 18.2 Å². The Balaban J connectivity index is 1.91. The zero-order valence-electron chi connectivity index (χ0n) is 15.4. The van der Waals surface area contributed by atoms with Gasteiger partial charge < -0.3 is 21.8 Å². The summed E-state index contributed by atoms with van der Waals surface area (Å²) in [6, 6.07) is 5.25. The zero-order valence-corrected chi connectivity index (χ0v) is 16.1. The average molecular weight is 452 g/mol. The summed E-state index contributed by atoms with van der Waals surface area (Å²) in [7, 11) is 0. The minimum Gasteiger partial charge on any atom is -0.384 e. The number of alkyl halides is 3. The number of anilines is 3. The normalized spacial score (nSPS) is 12.1. The van der Waals surface area contributed by atoms with E-state index in [9.17, 15) is 18.0 Å². The fourth-order valence-corrected chi connectivity index (χ4v) is 2.60. The van der Waals surface area contributed by atoms with Gasteiger partial charge in [0.2, 0.25) is 0 Å². The van der Waals surface area contributed by atoms with Crippen molar-refractivity contribution in [3.05, 3.63) is 59.1 Å². The number of nitrogens with two attached hydrogens (primary N) is 1. The largest absolute Gasteiger partial charge is 0.432 e. The Morgan fingerprint density at radius 2 is 1.94 bits per heavy atom. The van der Waals surface area contributed by atoms with Gasteiger partial charge in [-0.2, -0.15) is 23.4 Å². The molecule has 0 aliphatic rings. The molecule has 160 valence electrons. The summed E-state index contributed by atoms with van der Waals surface area (Å²) in [4.78, 5) is 21.3. The predicted molar refractivity (Wildman–Crippen MR) is 107 cm³/mol.